The maximum absolute atomic E-state index is 11.2. The van der Waals surface area contributed by atoms with Crippen molar-refractivity contribution in [1.82, 2.24) is 9.97 Å². The standard InChI is InChI=1S/C20H17N5O3/c26-25(27)15-8-9-18-17(11-15)19(21-12-14-5-2-1-3-6-14)24-20(23-18)22-13-16-7-4-10-28-16/h1-11H,12-13H2,(H2,21,22,23,24). The van der Waals surface area contributed by atoms with Crippen LogP contribution in [0, 0.1) is 10.1 Å². The van der Waals surface area contributed by atoms with Crippen LogP contribution >= 0.6 is 0 Å². The summed E-state index contributed by atoms with van der Waals surface area (Å²) in [4.78, 5) is 19.7. The first-order valence-electron chi connectivity index (χ1n) is 8.69. The van der Waals surface area contributed by atoms with Gasteiger partial charge in [-0.05, 0) is 23.8 Å². The van der Waals surface area contributed by atoms with Gasteiger partial charge in [-0.25, -0.2) is 4.98 Å². The van der Waals surface area contributed by atoms with Gasteiger partial charge < -0.3 is 15.1 Å². The number of furan rings is 1. The third kappa shape index (κ3) is 3.90. The third-order valence-electron chi connectivity index (χ3n) is 4.19. The second-order valence-electron chi connectivity index (χ2n) is 6.13. The molecule has 0 saturated carbocycles. The fraction of sp³-hybridized carbons (Fsp3) is 0.100. The van der Waals surface area contributed by atoms with Crippen LogP contribution in [-0.4, -0.2) is 14.9 Å². The Labute approximate surface area is 160 Å². The summed E-state index contributed by atoms with van der Waals surface area (Å²) in [6, 6.07) is 18.1. The minimum absolute atomic E-state index is 0.00449. The van der Waals surface area contributed by atoms with Crippen LogP contribution in [0.3, 0.4) is 0 Å². The Morgan fingerprint density at radius 1 is 0.964 bits per heavy atom. The molecular weight excluding hydrogens is 358 g/mol. The molecule has 0 spiro atoms. The molecule has 0 saturated heterocycles. The summed E-state index contributed by atoms with van der Waals surface area (Å²) in [7, 11) is 0. The van der Waals surface area contributed by atoms with Crippen molar-refractivity contribution in [2.24, 2.45) is 0 Å². The van der Waals surface area contributed by atoms with E-state index in [-0.39, 0.29) is 5.69 Å². The Hall–Kier alpha value is -3.94. The molecule has 0 radical (unpaired) electrons. The van der Waals surface area contributed by atoms with E-state index in [0.29, 0.717) is 35.8 Å². The Kier molecular flexibility index (Phi) is 4.83. The molecule has 2 heterocycles. The van der Waals surface area contributed by atoms with Crippen LogP contribution in [0.25, 0.3) is 10.9 Å². The zero-order valence-electron chi connectivity index (χ0n) is 14.8. The predicted octanol–water partition coefficient (Wildman–Crippen LogP) is 4.36. The molecule has 4 rings (SSSR count). The van der Waals surface area contributed by atoms with E-state index in [9.17, 15) is 10.1 Å². The van der Waals surface area contributed by atoms with Crippen molar-refractivity contribution < 1.29 is 9.34 Å². The minimum atomic E-state index is -0.427. The van der Waals surface area contributed by atoms with E-state index in [1.165, 1.54) is 12.1 Å². The lowest BCUT2D eigenvalue weighted by Crippen LogP contribution is -2.08. The maximum Gasteiger partial charge on any atom is 0.270 e. The summed E-state index contributed by atoms with van der Waals surface area (Å²) in [5, 5.41) is 18.1. The van der Waals surface area contributed by atoms with E-state index < -0.39 is 4.92 Å². The first-order valence-corrected chi connectivity index (χ1v) is 8.69. The predicted molar refractivity (Wildman–Crippen MR) is 106 cm³/mol. The lowest BCUT2D eigenvalue weighted by molar-refractivity contribution is -0.384. The number of hydrogen-bond donors (Lipinski definition) is 2. The number of nitro groups is 1. The third-order valence-corrected chi connectivity index (χ3v) is 4.19. The highest BCUT2D eigenvalue weighted by molar-refractivity contribution is 5.91. The Balaban J connectivity index is 1.66. The van der Waals surface area contributed by atoms with Crippen LogP contribution in [0.1, 0.15) is 11.3 Å². The molecule has 8 heteroatoms. The second kappa shape index (κ2) is 7.75. The number of nitrogens with one attached hydrogen (secondary N) is 2. The van der Waals surface area contributed by atoms with Crippen LogP contribution in [-0.2, 0) is 13.1 Å². The molecule has 0 fully saturated rings. The zero-order chi connectivity index (χ0) is 19.3. The van der Waals surface area contributed by atoms with E-state index in [1.807, 2.05) is 42.5 Å². The molecule has 0 aliphatic heterocycles. The molecule has 0 amide bonds. The van der Waals surface area contributed by atoms with Gasteiger partial charge in [0.1, 0.15) is 11.6 Å². The SMILES string of the molecule is O=[N+]([O-])c1ccc2nc(NCc3ccco3)nc(NCc3ccccc3)c2c1. The van der Waals surface area contributed by atoms with Gasteiger partial charge in [0.15, 0.2) is 0 Å². The van der Waals surface area contributed by atoms with Gasteiger partial charge in [-0.1, -0.05) is 30.3 Å². The quantitative estimate of drug-likeness (QED) is 0.365. The van der Waals surface area contributed by atoms with E-state index in [2.05, 4.69) is 20.6 Å². The number of nitro benzene ring substituents is 1. The molecular formula is C20H17N5O3. The van der Waals surface area contributed by atoms with Crippen LogP contribution in [0.15, 0.2) is 71.3 Å². The van der Waals surface area contributed by atoms with Gasteiger partial charge in [0.05, 0.1) is 23.2 Å². The first-order chi connectivity index (χ1) is 13.7. The van der Waals surface area contributed by atoms with Crippen molar-refractivity contribution in [3.63, 3.8) is 0 Å². The molecule has 2 aromatic carbocycles. The second-order valence-corrected chi connectivity index (χ2v) is 6.13. The summed E-state index contributed by atoms with van der Waals surface area (Å²) in [5.74, 6) is 1.69. The molecule has 0 unspecified atom stereocenters. The average molecular weight is 375 g/mol. The summed E-state index contributed by atoms with van der Waals surface area (Å²) < 4.78 is 5.31. The van der Waals surface area contributed by atoms with Crippen LogP contribution in [0.4, 0.5) is 17.5 Å². The Morgan fingerprint density at radius 3 is 2.57 bits per heavy atom. The molecule has 8 nitrogen and oxygen atoms in total. The zero-order valence-corrected chi connectivity index (χ0v) is 14.8. The number of rotatable bonds is 7. The minimum Gasteiger partial charge on any atom is -0.467 e. The van der Waals surface area contributed by atoms with Gasteiger partial charge in [0, 0.05) is 24.1 Å². The lowest BCUT2D eigenvalue weighted by atomic mass is 10.2. The topological polar surface area (TPSA) is 106 Å². The van der Waals surface area contributed by atoms with E-state index in [1.54, 1.807) is 12.3 Å². The lowest BCUT2D eigenvalue weighted by Gasteiger charge is -2.11. The molecule has 2 N–H and O–H groups in total. The van der Waals surface area contributed by atoms with Gasteiger partial charge in [-0.3, -0.25) is 10.1 Å². The first kappa shape index (κ1) is 17.5. The molecule has 4 aromatic rings. The van der Waals surface area contributed by atoms with Gasteiger partial charge in [-0.2, -0.15) is 4.98 Å². The Morgan fingerprint density at radius 2 is 1.82 bits per heavy atom. The number of non-ortho nitro benzene ring substituents is 1. The van der Waals surface area contributed by atoms with Crippen molar-refractivity contribution in [3.05, 3.63) is 88.4 Å². The number of aromatic nitrogens is 2. The normalized spacial score (nSPS) is 10.7. The largest absolute Gasteiger partial charge is 0.467 e. The van der Waals surface area contributed by atoms with E-state index >= 15 is 0 Å². The number of hydrogen-bond acceptors (Lipinski definition) is 7. The van der Waals surface area contributed by atoms with E-state index in [4.69, 9.17) is 4.42 Å². The number of fused-ring (bicyclic) bond motifs is 1. The van der Waals surface area contributed by atoms with Crippen LogP contribution in [0.2, 0.25) is 0 Å². The molecule has 0 bridgehead atoms. The average Bonchev–Trinajstić information content (AvgIpc) is 3.24. The van der Waals surface area contributed by atoms with Crippen molar-refractivity contribution in [3.8, 4) is 0 Å². The fourth-order valence-electron chi connectivity index (χ4n) is 2.80. The number of nitrogens with zero attached hydrogens (tertiary/aromatic N) is 3. The molecule has 2 aromatic heterocycles. The highest BCUT2D eigenvalue weighted by Gasteiger charge is 2.13. The summed E-state index contributed by atoms with van der Waals surface area (Å²) in [6.07, 6.45) is 1.60. The molecule has 0 aliphatic rings. The smallest absolute Gasteiger partial charge is 0.270 e. The van der Waals surface area contributed by atoms with Crippen LogP contribution < -0.4 is 10.6 Å². The molecule has 0 atom stereocenters. The van der Waals surface area contributed by atoms with Gasteiger partial charge in [0.25, 0.3) is 5.69 Å². The number of anilines is 2. The number of benzene rings is 2. The van der Waals surface area contributed by atoms with Crippen LogP contribution in [0.5, 0.6) is 0 Å². The van der Waals surface area contributed by atoms with E-state index in [0.717, 1.165) is 11.3 Å². The monoisotopic (exact) mass is 375 g/mol. The fourth-order valence-corrected chi connectivity index (χ4v) is 2.80. The summed E-state index contributed by atoms with van der Waals surface area (Å²) in [5.41, 5.74) is 1.68. The van der Waals surface area contributed by atoms with Gasteiger partial charge in [-0.15, -0.1) is 0 Å². The van der Waals surface area contributed by atoms with Crippen molar-refractivity contribution >= 4 is 28.4 Å². The Bertz CT molecular complexity index is 1100. The van der Waals surface area contributed by atoms with Gasteiger partial charge in [0.2, 0.25) is 5.95 Å². The van der Waals surface area contributed by atoms with Gasteiger partial charge >= 0.3 is 0 Å². The highest BCUT2D eigenvalue weighted by atomic mass is 16.6. The summed E-state index contributed by atoms with van der Waals surface area (Å²) >= 11 is 0. The molecule has 0 aliphatic carbocycles. The maximum atomic E-state index is 11.2. The summed E-state index contributed by atoms with van der Waals surface area (Å²) in [6.45, 7) is 0.969. The molecule has 28 heavy (non-hydrogen) atoms. The highest BCUT2D eigenvalue weighted by Crippen LogP contribution is 2.27. The van der Waals surface area contributed by atoms with Crippen molar-refractivity contribution in [2.45, 2.75) is 13.1 Å². The van der Waals surface area contributed by atoms with Crippen molar-refractivity contribution in [2.75, 3.05) is 10.6 Å². The van der Waals surface area contributed by atoms with Crippen molar-refractivity contribution in [1.29, 1.82) is 0 Å². The molecule has 140 valence electrons.